The summed E-state index contributed by atoms with van der Waals surface area (Å²) in [6, 6.07) is 10.8. The normalized spacial score (nSPS) is 33.9. The second-order valence-electron chi connectivity index (χ2n) is 7.85. The smallest absolute Gasteiger partial charge is 0.240 e. The van der Waals surface area contributed by atoms with Crippen molar-refractivity contribution in [1.82, 2.24) is 9.62 Å². The predicted octanol–water partition coefficient (Wildman–Crippen LogP) is 3.11. The molecule has 2 aromatic carbocycles. The van der Waals surface area contributed by atoms with Crippen LogP contribution >= 0.6 is 11.6 Å². The van der Waals surface area contributed by atoms with Crippen LogP contribution in [-0.2, 0) is 10.0 Å². The van der Waals surface area contributed by atoms with Crippen LogP contribution in [0.3, 0.4) is 0 Å². The summed E-state index contributed by atoms with van der Waals surface area (Å²) < 4.78 is 29.0. The molecule has 3 saturated heterocycles. The fraction of sp³-hybridized carbons (Fsp3) is 0.474. The second kappa shape index (κ2) is 5.68. The lowest BCUT2D eigenvalue weighted by molar-refractivity contribution is -0.0376. The summed E-state index contributed by atoms with van der Waals surface area (Å²) >= 11 is 6.19. The van der Waals surface area contributed by atoms with Gasteiger partial charge in [-0.2, -0.15) is 0 Å². The third kappa shape index (κ3) is 2.69. The first kappa shape index (κ1) is 16.1. The van der Waals surface area contributed by atoms with Crippen LogP contribution in [0.25, 0.3) is 10.8 Å². The molecule has 6 rings (SSSR count). The van der Waals surface area contributed by atoms with E-state index in [-0.39, 0.29) is 6.04 Å². The first-order valence-electron chi connectivity index (χ1n) is 8.92. The van der Waals surface area contributed by atoms with Gasteiger partial charge in [0.1, 0.15) is 0 Å². The van der Waals surface area contributed by atoms with Gasteiger partial charge < -0.3 is 4.90 Å². The molecule has 0 radical (unpaired) electrons. The van der Waals surface area contributed by atoms with Gasteiger partial charge >= 0.3 is 0 Å². The number of rotatable bonds is 3. The molecule has 4 bridgehead atoms. The molecule has 2 atom stereocenters. The highest BCUT2D eigenvalue weighted by atomic mass is 35.5. The number of sulfonamides is 1. The highest BCUT2D eigenvalue weighted by Crippen LogP contribution is 2.43. The Bertz CT molecular complexity index is 916. The van der Waals surface area contributed by atoms with Gasteiger partial charge in [0, 0.05) is 36.1 Å². The van der Waals surface area contributed by atoms with E-state index in [1.807, 2.05) is 18.2 Å². The Morgan fingerprint density at radius 2 is 1.80 bits per heavy atom. The van der Waals surface area contributed by atoms with Crippen molar-refractivity contribution < 1.29 is 8.42 Å². The largest absolute Gasteiger partial charge is 0.302 e. The van der Waals surface area contributed by atoms with Crippen molar-refractivity contribution >= 4 is 32.4 Å². The number of halogens is 1. The number of hydrogen-bond donors (Lipinski definition) is 1. The molecule has 1 N–H and O–H groups in total. The average Bonchev–Trinajstić information content (AvgIpc) is 2.57. The van der Waals surface area contributed by atoms with Crippen molar-refractivity contribution in [3.05, 3.63) is 41.4 Å². The van der Waals surface area contributed by atoms with Crippen molar-refractivity contribution in [2.75, 3.05) is 19.6 Å². The molecule has 132 valence electrons. The molecule has 4 aliphatic rings. The van der Waals surface area contributed by atoms with Crippen molar-refractivity contribution in [2.45, 2.75) is 23.8 Å². The van der Waals surface area contributed by atoms with Crippen LogP contribution in [0.4, 0.5) is 0 Å². The lowest BCUT2D eigenvalue weighted by Crippen LogP contribution is -2.64. The maximum Gasteiger partial charge on any atom is 0.240 e. The summed E-state index contributed by atoms with van der Waals surface area (Å²) in [5, 5.41) is 2.38. The zero-order valence-electron chi connectivity index (χ0n) is 13.9. The van der Waals surface area contributed by atoms with E-state index in [9.17, 15) is 8.42 Å². The molecule has 3 aliphatic heterocycles. The first-order chi connectivity index (χ1) is 12.0. The van der Waals surface area contributed by atoms with Crippen LogP contribution in [0.15, 0.2) is 41.3 Å². The molecule has 4 fully saturated rings. The molecule has 2 unspecified atom stereocenters. The summed E-state index contributed by atoms with van der Waals surface area (Å²) in [6.07, 6.45) is 2.32. The van der Waals surface area contributed by atoms with Gasteiger partial charge in [0.15, 0.2) is 0 Å². The lowest BCUT2D eigenvalue weighted by Gasteiger charge is -2.55. The number of piperidine rings is 3. The van der Waals surface area contributed by atoms with E-state index in [1.54, 1.807) is 18.2 Å². The number of benzene rings is 2. The molecule has 25 heavy (non-hydrogen) atoms. The fourth-order valence-electron chi connectivity index (χ4n) is 5.24. The van der Waals surface area contributed by atoms with E-state index in [0.29, 0.717) is 21.8 Å². The summed E-state index contributed by atoms with van der Waals surface area (Å²) in [5.74, 6) is 1.67. The van der Waals surface area contributed by atoms with E-state index in [4.69, 9.17) is 11.6 Å². The minimum Gasteiger partial charge on any atom is -0.302 e. The number of fused-ring (bicyclic) bond motifs is 1. The molecule has 2 aromatic rings. The van der Waals surface area contributed by atoms with Crippen LogP contribution in [0, 0.1) is 17.8 Å². The molecule has 6 heteroatoms. The van der Waals surface area contributed by atoms with E-state index in [2.05, 4.69) is 9.62 Å². The highest BCUT2D eigenvalue weighted by molar-refractivity contribution is 7.89. The minimum absolute atomic E-state index is 0.0767. The summed E-state index contributed by atoms with van der Waals surface area (Å²) in [5.41, 5.74) is 0. The van der Waals surface area contributed by atoms with E-state index in [0.717, 1.165) is 42.6 Å². The van der Waals surface area contributed by atoms with Gasteiger partial charge in [-0.3, -0.25) is 0 Å². The van der Waals surface area contributed by atoms with E-state index >= 15 is 0 Å². The standard InChI is InChI=1S/C19H21ClN2O2S/c20-18-3-1-2-13-8-16(4-5-17(13)18)25(23,24)21-19-14-6-12-7-15(19)11-22(9-12)10-14/h1-5,8,12,14-15,19,21H,6-7,9-11H2. The molecule has 0 amide bonds. The predicted molar refractivity (Wildman–Crippen MR) is 99.2 cm³/mol. The quantitative estimate of drug-likeness (QED) is 0.895. The zero-order chi connectivity index (χ0) is 17.2. The Kier molecular flexibility index (Phi) is 3.65. The summed E-state index contributed by atoms with van der Waals surface area (Å²) in [7, 11) is -3.52. The zero-order valence-corrected chi connectivity index (χ0v) is 15.4. The third-order valence-corrected chi connectivity index (χ3v) is 7.98. The van der Waals surface area contributed by atoms with E-state index < -0.39 is 10.0 Å². The van der Waals surface area contributed by atoms with Crippen LogP contribution < -0.4 is 4.72 Å². The molecule has 0 aromatic heterocycles. The monoisotopic (exact) mass is 376 g/mol. The van der Waals surface area contributed by atoms with Crippen molar-refractivity contribution in [1.29, 1.82) is 0 Å². The maximum atomic E-state index is 13.0. The van der Waals surface area contributed by atoms with Gasteiger partial charge in [-0.05, 0) is 54.2 Å². The Labute approximate surface area is 153 Å². The van der Waals surface area contributed by atoms with Crippen LogP contribution in [-0.4, -0.2) is 39.0 Å². The first-order valence-corrected chi connectivity index (χ1v) is 10.8. The minimum atomic E-state index is -3.52. The maximum absolute atomic E-state index is 13.0. The van der Waals surface area contributed by atoms with Crippen LogP contribution in [0.1, 0.15) is 12.8 Å². The third-order valence-electron chi connectivity index (χ3n) is 6.19. The Morgan fingerprint density at radius 1 is 1.04 bits per heavy atom. The van der Waals surface area contributed by atoms with Gasteiger partial charge in [-0.1, -0.05) is 29.8 Å². The van der Waals surface area contributed by atoms with Gasteiger partial charge in [0.25, 0.3) is 0 Å². The van der Waals surface area contributed by atoms with Crippen molar-refractivity contribution in [3.63, 3.8) is 0 Å². The van der Waals surface area contributed by atoms with Gasteiger partial charge in [-0.25, -0.2) is 13.1 Å². The van der Waals surface area contributed by atoms with Crippen LogP contribution in [0.5, 0.6) is 0 Å². The van der Waals surface area contributed by atoms with Crippen molar-refractivity contribution in [2.24, 2.45) is 17.8 Å². The van der Waals surface area contributed by atoms with Crippen LogP contribution in [0.2, 0.25) is 5.02 Å². The average molecular weight is 377 g/mol. The number of nitrogens with zero attached hydrogens (tertiary/aromatic N) is 1. The Morgan fingerprint density at radius 3 is 2.52 bits per heavy atom. The molecule has 1 aliphatic carbocycles. The molecule has 4 nitrogen and oxygen atoms in total. The molecule has 3 heterocycles. The molecule has 1 saturated carbocycles. The SMILES string of the molecule is O=S(=O)(NC1C2CC3CC1CN(C3)C2)c1ccc2c(Cl)cccc2c1. The number of hydrogen-bond acceptors (Lipinski definition) is 3. The molecule has 0 spiro atoms. The van der Waals surface area contributed by atoms with Gasteiger partial charge in [0.2, 0.25) is 10.0 Å². The Balaban J connectivity index is 1.45. The topological polar surface area (TPSA) is 49.4 Å². The molecular formula is C19H21ClN2O2S. The summed E-state index contributed by atoms with van der Waals surface area (Å²) in [6.45, 7) is 3.28. The lowest BCUT2D eigenvalue weighted by atomic mass is 9.65. The fourth-order valence-corrected chi connectivity index (χ4v) is 6.89. The summed E-state index contributed by atoms with van der Waals surface area (Å²) in [4.78, 5) is 2.84. The van der Waals surface area contributed by atoms with Gasteiger partial charge in [0.05, 0.1) is 4.90 Å². The molecular weight excluding hydrogens is 356 g/mol. The highest BCUT2D eigenvalue weighted by Gasteiger charge is 2.48. The Hall–Kier alpha value is -1.14. The van der Waals surface area contributed by atoms with Crippen molar-refractivity contribution in [3.8, 4) is 0 Å². The second-order valence-corrected chi connectivity index (χ2v) is 9.97. The number of nitrogens with one attached hydrogen (secondary N) is 1. The van der Waals surface area contributed by atoms with E-state index in [1.165, 1.54) is 6.54 Å². The van der Waals surface area contributed by atoms with Gasteiger partial charge in [-0.15, -0.1) is 0 Å².